The molecule has 0 bridgehead atoms. The molecule has 3 heteroatoms. The maximum absolute atomic E-state index is 11.6. The van der Waals surface area contributed by atoms with Gasteiger partial charge in [-0.05, 0) is 19.1 Å². The Morgan fingerprint density at radius 1 is 1.40 bits per heavy atom. The Bertz CT molecular complexity index is 499. The number of aromatic nitrogens is 1. The zero-order chi connectivity index (χ0) is 10.8. The molecule has 0 amide bonds. The molecule has 1 aromatic heterocycles. The molecule has 2 aromatic rings. The van der Waals surface area contributed by atoms with Crippen molar-refractivity contribution in [2.75, 3.05) is 6.61 Å². The van der Waals surface area contributed by atoms with E-state index in [2.05, 4.69) is 0 Å². The molecule has 0 aliphatic carbocycles. The van der Waals surface area contributed by atoms with Crippen LogP contribution in [-0.4, -0.2) is 17.1 Å². The number of aryl methyl sites for hydroxylation is 1. The molecule has 15 heavy (non-hydrogen) atoms. The molecule has 2 rings (SSSR count). The lowest BCUT2D eigenvalue weighted by molar-refractivity contribution is 0.0516. The smallest absolute Gasteiger partial charge is 0.354 e. The standard InChI is InChI=1S/C12H13NO2/c1-3-15-12(14)11-8-9-6-4-5-7-10(9)13(11)2/h4-8H,3H2,1-2H3. The summed E-state index contributed by atoms with van der Waals surface area (Å²) in [4.78, 5) is 11.6. The van der Waals surface area contributed by atoms with Gasteiger partial charge in [-0.15, -0.1) is 0 Å². The second kappa shape index (κ2) is 3.77. The van der Waals surface area contributed by atoms with Crippen molar-refractivity contribution in [1.82, 2.24) is 4.57 Å². The van der Waals surface area contributed by atoms with Crippen molar-refractivity contribution < 1.29 is 9.53 Å². The van der Waals surface area contributed by atoms with Crippen molar-refractivity contribution in [1.29, 1.82) is 0 Å². The number of fused-ring (bicyclic) bond motifs is 1. The minimum Gasteiger partial charge on any atom is -0.461 e. The molecule has 0 N–H and O–H groups in total. The summed E-state index contributed by atoms with van der Waals surface area (Å²) < 4.78 is 6.83. The van der Waals surface area contributed by atoms with Crippen molar-refractivity contribution in [2.24, 2.45) is 7.05 Å². The van der Waals surface area contributed by atoms with Crippen LogP contribution in [0.2, 0.25) is 0 Å². The number of carbonyl (C=O) groups is 1. The number of benzene rings is 1. The molecule has 0 spiro atoms. The molecule has 0 saturated heterocycles. The minimum absolute atomic E-state index is 0.267. The first kappa shape index (κ1) is 9.77. The van der Waals surface area contributed by atoms with Crippen molar-refractivity contribution >= 4 is 16.9 Å². The van der Waals surface area contributed by atoms with E-state index in [1.807, 2.05) is 41.9 Å². The van der Waals surface area contributed by atoms with Crippen molar-refractivity contribution in [3.8, 4) is 0 Å². The largest absolute Gasteiger partial charge is 0.461 e. The van der Waals surface area contributed by atoms with Gasteiger partial charge in [-0.3, -0.25) is 0 Å². The summed E-state index contributed by atoms with van der Waals surface area (Å²) in [5.41, 5.74) is 1.64. The number of esters is 1. The predicted octanol–water partition coefficient (Wildman–Crippen LogP) is 2.36. The van der Waals surface area contributed by atoms with Crippen LogP contribution < -0.4 is 0 Å². The second-order valence-electron chi connectivity index (χ2n) is 3.37. The van der Waals surface area contributed by atoms with Crippen LogP contribution in [0.1, 0.15) is 17.4 Å². The van der Waals surface area contributed by atoms with E-state index in [-0.39, 0.29) is 5.97 Å². The van der Waals surface area contributed by atoms with Crippen LogP contribution in [-0.2, 0) is 11.8 Å². The molecule has 1 aromatic carbocycles. The fourth-order valence-corrected chi connectivity index (χ4v) is 1.69. The Kier molecular flexibility index (Phi) is 2.46. The van der Waals surface area contributed by atoms with Crippen LogP contribution in [0.3, 0.4) is 0 Å². The van der Waals surface area contributed by atoms with Crippen LogP contribution in [0.5, 0.6) is 0 Å². The number of nitrogens with zero attached hydrogens (tertiary/aromatic N) is 1. The summed E-state index contributed by atoms with van der Waals surface area (Å²) in [6, 6.07) is 9.73. The first-order valence-electron chi connectivity index (χ1n) is 4.95. The molecular weight excluding hydrogens is 190 g/mol. The number of para-hydroxylation sites is 1. The Morgan fingerprint density at radius 2 is 2.13 bits per heavy atom. The van der Waals surface area contributed by atoms with Gasteiger partial charge in [0.2, 0.25) is 0 Å². The topological polar surface area (TPSA) is 31.2 Å². The normalized spacial score (nSPS) is 10.5. The lowest BCUT2D eigenvalue weighted by Gasteiger charge is -2.02. The van der Waals surface area contributed by atoms with Gasteiger partial charge in [-0.25, -0.2) is 4.79 Å². The fourth-order valence-electron chi connectivity index (χ4n) is 1.69. The Hall–Kier alpha value is -1.77. The summed E-state index contributed by atoms with van der Waals surface area (Å²) in [5.74, 6) is -0.267. The third-order valence-corrected chi connectivity index (χ3v) is 2.44. The predicted molar refractivity (Wildman–Crippen MR) is 58.9 cm³/mol. The first-order chi connectivity index (χ1) is 7.24. The van der Waals surface area contributed by atoms with Gasteiger partial charge in [0, 0.05) is 18.0 Å². The fraction of sp³-hybridized carbons (Fsp3) is 0.250. The van der Waals surface area contributed by atoms with E-state index in [0.717, 1.165) is 10.9 Å². The van der Waals surface area contributed by atoms with Crippen LogP contribution in [0.25, 0.3) is 10.9 Å². The number of rotatable bonds is 2. The summed E-state index contributed by atoms with van der Waals surface area (Å²) in [5, 5.41) is 1.06. The summed E-state index contributed by atoms with van der Waals surface area (Å²) in [6.07, 6.45) is 0. The van der Waals surface area contributed by atoms with Crippen LogP contribution in [0.15, 0.2) is 30.3 Å². The first-order valence-corrected chi connectivity index (χ1v) is 4.95. The highest BCUT2D eigenvalue weighted by Gasteiger charge is 2.13. The highest BCUT2D eigenvalue weighted by molar-refractivity contribution is 5.95. The van der Waals surface area contributed by atoms with E-state index in [9.17, 15) is 4.79 Å². The molecule has 0 unspecified atom stereocenters. The molecule has 0 aliphatic rings. The van der Waals surface area contributed by atoms with E-state index < -0.39 is 0 Å². The van der Waals surface area contributed by atoms with Crippen LogP contribution in [0, 0.1) is 0 Å². The quantitative estimate of drug-likeness (QED) is 0.701. The molecule has 0 saturated carbocycles. The van der Waals surface area contributed by atoms with Gasteiger partial charge in [-0.1, -0.05) is 18.2 Å². The van der Waals surface area contributed by atoms with Crippen molar-refractivity contribution in [3.05, 3.63) is 36.0 Å². The van der Waals surface area contributed by atoms with Crippen LogP contribution >= 0.6 is 0 Å². The lowest BCUT2D eigenvalue weighted by atomic mass is 10.2. The van der Waals surface area contributed by atoms with E-state index in [4.69, 9.17) is 4.74 Å². The SMILES string of the molecule is CCOC(=O)c1cc2ccccc2n1C. The molecule has 0 radical (unpaired) electrons. The number of ether oxygens (including phenoxy) is 1. The van der Waals surface area contributed by atoms with Gasteiger partial charge >= 0.3 is 5.97 Å². The molecule has 0 aliphatic heterocycles. The van der Waals surface area contributed by atoms with Crippen LogP contribution in [0.4, 0.5) is 0 Å². The minimum atomic E-state index is -0.267. The number of hydrogen-bond donors (Lipinski definition) is 0. The maximum Gasteiger partial charge on any atom is 0.354 e. The maximum atomic E-state index is 11.6. The molecular formula is C12H13NO2. The van der Waals surface area contributed by atoms with Crippen molar-refractivity contribution in [2.45, 2.75) is 6.92 Å². The van der Waals surface area contributed by atoms with Gasteiger partial charge in [-0.2, -0.15) is 0 Å². The monoisotopic (exact) mass is 203 g/mol. The summed E-state index contributed by atoms with van der Waals surface area (Å²) in [7, 11) is 1.87. The summed E-state index contributed by atoms with van der Waals surface area (Å²) >= 11 is 0. The molecule has 0 fully saturated rings. The average molecular weight is 203 g/mol. The highest BCUT2D eigenvalue weighted by atomic mass is 16.5. The summed E-state index contributed by atoms with van der Waals surface area (Å²) in [6.45, 7) is 2.21. The Labute approximate surface area is 88.3 Å². The number of hydrogen-bond acceptors (Lipinski definition) is 2. The highest BCUT2D eigenvalue weighted by Crippen LogP contribution is 2.18. The number of carbonyl (C=O) groups excluding carboxylic acids is 1. The van der Waals surface area contributed by atoms with Gasteiger partial charge in [0.25, 0.3) is 0 Å². The van der Waals surface area contributed by atoms with Gasteiger partial charge < -0.3 is 9.30 Å². The lowest BCUT2D eigenvalue weighted by Crippen LogP contribution is -2.09. The van der Waals surface area contributed by atoms with Gasteiger partial charge in [0.05, 0.1) is 6.61 Å². The molecule has 78 valence electrons. The van der Waals surface area contributed by atoms with E-state index >= 15 is 0 Å². The van der Waals surface area contributed by atoms with E-state index in [0.29, 0.717) is 12.3 Å². The molecule has 1 heterocycles. The van der Waals surface area contributed by atoms with E-state index in [1.54, 1.807) is 6.92 Å². The van der Waals surface area contributed by atoms with Gasteiger partial charge in [0.15, 0.2) is 0 Å². The third-order valence-electron chi connectivity index (χ3n) is 2.44. The third kappa shape index (κ3) is 1.61. The Morgan fingerprint density at radius 3 is 2.80 bits per heavy atom. The molecule has 0 atom stereocenters. The average Bonchev–Trinajstić information content (AvgIpc) is 2.57. The Balaban J connectivity index is 2.53. The van der Waals surface area contributed by atoms with E-state index in [1.165, 1.54) is 0 Å². The zero-order valence-electron chi connectivity index (χ0n) is 8.86. The second-order valence-corrected chi connectivity index (χ2v) is 3.37. The van der Waals surface area contributed by atoms with Crippen molar-refractivity contribution in [3.63, 3.8) is 0 Å². The molecule has 3 nitrogen and oxygen atoms in total. The van der Waals surface area contributed by atoms with Gasteiger partial charge in [0.1, 0.15) is 5.69 Å². The zero-order valence-corrected chi connectivity index (χ0v) is 8.86.